The minimum atomic E-state index is 0.721. The van der Waals surface area contributed by atoms with E-state index >= 15 is 0 Å². The van der Waals surface area contributed by atoms with Crippen LogP contribution >= 0.6 is 0 Å². The molecule has 1 saturated heterocycles. The fourth-order valence-corrected chi connectivity index (χ4v) is 2.40. The van der Waals surface area contributed by atoms with Crippen molar-refractivity contribution in [1.29, 1.82) is 0 Å². The Bertz CT molecular complexity index is 375. The molecule has 21 heavy (non-hydrogen) atoms. The first-order valence-corrected chi connectivity index (χ1v) is 8.11. The van der Waals surface area contributed by atoms with Gasteiger partial charge in [-0.05, 0) is 24.1 Å². The molecule has 0 radical (unpaired) electrons. The molecule has 1 heterocycles. The van der Waals surface area contributed by atoms with Crippen LogP contribution in [0.2, 0.25) is 0 Å². The SMILES string of the molecule is CCc1ccc(OCCCOCCN2CCNCC2)cc1. The van der Waals surface area contributed by atoms with Crippen LogP contribution in [0.1, 0.15) is 18.9 Å². The molecule has 2 rings (SSSR count). The topological polar surface area (TPSA) is 33.7 Å². The molecular formula is C17H28N2O2. The van der Waals surface area contributed by atoms with Gasteiger partial charge in [0.2, 0.25) is 0 Å². The van der Waals surface area contributed by atoms with Gasteiger partial charge in [0.1, 0.15) is 5.75 Å². The average Bonchev–Trinajstić information content (AvgIpc) is 2.55. The van der Waals surface area contributed by atoms with E-state index in [9.17, 15) is 0 Å². The van der Waals surface area contributed by atoms with E-state index in [1.165, 1.54) is 5.56 Å². The number of aryl methyl sites for hydroxylation is 1. The number of hydrogen-bond acceptors (Lipinski definition) is 4. The lowest BCUT2D eigenvalue weighted by Gasteiger charge is -2.26. The molecule has 1 aliphatic rings. The number of benzene rings is 1. The molecule has 0 unspecified atom stereocenters. The van der Waals surface area contributed by atoms with Gasteiger partial charge < -0.3 is 14.8 Å². The van der Waals surface area contributed by atoms with Crippen molar-refractivity contribution in [2.45, 2.75) is 19.8 Å². The summed E-state index contributed by atoms with van der Waals surface area (Å²) in [5.74, 6) is 0.952. The molecule has 0 bridgehead atoms. The lowest BCUT2D eigenvalue weighted by molar-refractivity contribution is 0.0901. The van der Waals surface area contributed by atoms with Gasteiger partial charge in [0.05, 0.1) is 13.2 Å². The maximum atomic E-state index is 5.70. The van der Waals surface area contributed by atoms with E-state index in [2.05, 4.69) is 29.3 Å². The van der Waals surface area contributed by atoms with E-state index in [0.29, 0.717) is 0 Å². The van der Waals surface area contributed by atoms with E-state index in [4.69, 9.17) is 9.47 Å². The molecule has 1 fully saturated rings. The highest BCUT2D eigenvalue weighted by molar-refractivity contribution is 5.27. The summed E-state index contributed by atoms with van der Waals surface area (Å²) >= 11 is 0. The van der Waals surface area contributed by atoms with Crippen LogP contribution in [0, 0.1) is 0 Å². The Morgan fingerprint density at radius 2 is 1.81 bits per heavy atom. The average molecular weight is 292 g/mol. The molecular weight excluding hydrogens is 264 g/mol. The van der Waals surface area contributed by atoms with E-state index < -0.39 is 0 Å². The number of nitrogens with one attached hydrogen (secondary N) is 1. The predicted molar refractivity (Wildman–Crippen MR) is 86.1 cm³/mol. The van der Waals surface area contributed by atoms with Gasteiger partial charge in [-0.15, -0.1) is 0 Å². The second kappa shape index (κ2) is 9.77. The van der Waals surface area contributed by atoms with Crippen LogP contribution in [0.4, 0.5) is 0 Å². The van der Waals surface area contributed by atoms with Crippen molar-refractivity contribution in [1.82, 2.24) is 10.2 Å². The second-order valence-electron chi connectivity index (χ2n) is 5.40. The quantitative estimate of drug-likeness (QED) is 0.705. The molecule has 0 amide bonds. The summed E-state index contributed by atoms with van der Waals surface area (Å²) in [5, 5.41) is 3.36. The van der Waals surface area contributed by atoms with Crippen LogP contribution in [0.15, 0.2) is 24.3 Å². The minimum absolute atomic E-state index is 0.721. The van der Waals surface area contributed by atoms with Crippen LogP contribution in [0.25, 0.3) is 0 Å². The van der Waals surface area contributed by atoms with E-state index in [1.54, 1.807) is 0 Å². The third-order valence-corrected chi connectivity index (χ3v) is 3.79. The minimum Gasteiger partial charge on any atom is -0.494 e. The molecule has 0 atom stereocenters. The van der Waals surface area contributed by atoms with Gasteiger partial charge in [0, 0.05) is 45.8 Å². The lowest BCUT2D eigenvalue weighted by atomic mass is 10.2. The summed E-state index contributed by atoms with van der Waals surface area (Å²) in [5.41, 5.74) is 1.35. The van der Waals surface area contributed by atoms with Crippen molar-refractivity contribution in [3.63, 3.8) is 0 Å². The van der Waals surface area contributed by atoms with Crippen molar-refractivity contribution in [2.75, 3.05) is 52.5 Å². The Hall–Kier alpha value is -1.10. The van der Waals surface area contributed by atoms with Gasteiger partial charge in [-0.1, -0.05) is 19.1 Å². The number of hydrogen-bond donors (Lipinski definition) is 1. The predicted octanol–water partition coefficient (Wildman–Crippen LogP) is 1.94. The number of nitrogens with zero attached hydrogens (tertiary/aromatic N) is 1. The molecule has 0 spiro atoms. The highest BCUT2D eigenvalue weighted by Crippen LogP contribution is 2.12. The molecule has 1 aromatic rings. The highest BCUT2D eigenvalue weighted by Gasteiger charge is 2.08. The molecule has 0 saturated carbocycles. The maximum Gasteiger partial charge on any atom is 0.119 e. The number of rotatable bonds is 9. The standard InChI is InChI=1S/C17H28N2O2/c1-2-16-4-6-17(7-5-16)21-14-3-13-20-15-12-19-10-8-18-9-11-19/h4-7,18H,2-3,8-15H2,1H3. The Kier molecular flexibility index (Phi) is 7.57. The molecule has 4 heteroatoms. The Balaban J connectivity index is 1.46. The molecule has 118 valence electrons. The summed E-state index contributed by atoms with van der Waals surface area (Å²) in [6.07, 6.45) is 2.01. The van der Waals surface area contributed by atoms with Gasteiger partial charge in [-0.3, -0.25) is 4.90 Å². The monoisotopic (exact) mass is 292 g/mol. The summed E-state index contributed by atoms with van der Waals surface area (Å²) in [4.78, 5) is 2.45. The summed E-state index contributed by atoms with van der Waals surface area (Å²) in [6, 6.07) is 8.34. The Morgan fingerprint density at radius 1 is 1.05 bits per heavy atom. The molecule has 0 aliphatic carbocycles. The van der Waals surface area contributed by atoms with Crippen molar-refractivity contribution >= 4 is 0 Å². The fourth-order valence-electron chi connectivity index (χ4n) is 2.40. The summed E-state index contributed by atoms with van der Waals surface area (Å²) in [6.45, 7) is 10.0. The normalized spacial score (nSPS) is 16.0. The van der Waals surface area contributed by atoms with Gasteiger partial charge in [-0.2, -0.15) is 0 Å². The van der Waals surface area contributed by atoms with Crippen molar-refractivity contribution < 1.29 is 9.47 Å². The van der Waals surface area contributed by atoms with Crippen LogP contribution < -0.4 is 10.1 Å². The largest absolute Gasteiger partial charge is 0.494 e. The third kappa shape index (κ3) is 6.46. The van der Waals surface area contributed by atoms with Gasteiger partial charge in [0.15, 0.2) is 0 Å². The van der Waals surface area contributed by atoms with Crippen LogP contribution in [0.5, 0.6) is 5.75 Å². The van der Waals surface area contributed by atoms with E-state index in [-0.39, 0.29) is 0 Å². The van der Waals surface area contributed by atoms with Gasteiger partial charge in [-0.25, -0.2) is 0 Å². The Morgan fingerprint density at radius 3 is 2.52 bits per heavy atom. The van der Waals surface area contributed by atoms with Crippen LogP contribution in [0.3, 0.4) is 0 Å². The molecule has 0 aromatic heterocycles. The van der Waals surface area contributed by atoms with Gasteiger partial charge >= 0.3 is 0 Å². The summed E-state index contributed by atoms with van der Waals surface area (Å²) in [7, 11) is 0. The molecule has 1 aromatic carbocycles. The zero-order valence-corrected chi connectivity index (χ0v) is 13.1. The Labute approximate surface area is 128 Å². The first-order valence-electron chi connectivity index (χ1n) is 8.11. The number of piperazine rings is 1. The van der Waals surface area contributed by atoms with Crippen molar-refractivity contribution in [3.05, 3.63) is 29.8 Å². The van der Waals surface area contributed by atoms with E-state index in [1.807, 2.05) is 12.1 Å². The first-order chi connectivity index (χ1) is 10.4. The zero-order valence-electron chi connectivity index (χ0n) is 13.1. The fraction of sp³-hybridized carbons (Fsp3) is 0.647. The maximum absolute atomic E-state index is 5.70. The molecule has 4 nitrogen and oxygen atoms in total. The zero-order chi connectivity index (χ0) is 14.8. The summed E-state index contributed by atoms with van der Waals surface area (Å²) < 4.78 is 11.4. The number of ether oxygens (including phenoxy) is 2. The van der Waals surface area contributed by atoms with Gasteiger partial charge in [0.25, 0.3) is 0 Å². The van der Waals surface area contributed by atoms with Crippen molar-refractivity contribution in [2.24, 2.45) is 0 Å². The molecule has 1 N–H and O–H groups in total. The lowest BCUT2D eigenvalue weighted by Crippen LogP contribution is -2.44. The van der Waals surface area contributed by atoms with Crippen LogP contribution in [-0.4, -0.2) is 57.4 Å². The van der Waals surface area contributed by atoms with Crippen LogP contribution in [-0.2, 0) is 11.2 Å². The van der Waals surface area contributed by atoms with E-state index in [0.717, 1.165) is 71.1 Å². The van der Waals surface area contributed by atoms with Crippen molar-refractivity contribution in [3.8, 4) is 5.75 Å². The highest BCUT2D eigenvalue weighted by atomic mass is 16.5. The smallest absolute Gasteiger partial charge is 0.119 e. The third-order valence-electron chi connectivity index (χ3n) is 3.79. The molecule has 1 aliphatic heterocycles. The first kappa shape index (κ1) is 16.3. The second-order valence-corrected chi connectivity index (χ2v) is 5.40.